The van der Waals surface area contributed by atoms with Crippen LogP contribution in [0.1, 0.15) is 17.4 Å². The number of benzene rings is 2. The molecule has 158 valence electrons. The fourth-order valence-electron chi connectivity index (χ4n) is 3.39. The van der Waals surface area contributed by atoms with Crippen LogP contribution in [0.4, 0.5) is 0 Å². The fourth-order valence-corrected chi connectivity index (χ4v) is 3.39. The molecule has 0 bridgehead atoms. The third-order valence-corrected chi connectivity index (χ3v) is 4.86. The number of fused-ring (bicyclic) bond motifs is 1. The number of carbonyl (C=O) groups is 1. The number of aryl methyl sites for hydroxylation is 1. The molecule has 2 heterocycles. The molecule has 0 aliphatic rings. The van der Waals surface area contributed by atoms with E-state index in [1.807, 2.05) is 6.92 Å². The molecule has 0 aliphatic heterocycles. The van der Waals surface area contributed by atoms with Gasteiger partial charge in [0.25, 0.3) is 5.91 Å². The molecular formula is C22H21N5O4. The van der Waals surface area contributed by atoms with Crippen molar-refractivity contribution in [2.24, 2.45) is 12.8 Å². The third-order valence-electron chi connectivity index (χ3n) is 4.86. The van der Waals surface area contributed by atoms with Gasteiger partial charge in [-0.05, 0) is 43.3 Å². The number of amides is 1. The highest BCUT2D eigenvalue weighted by molar-refractivity contribution is 6.02. The lowest BCUT2D eigenvalue weighted by atomic mass is 10.2. The monoisotopic (exact) mass is 419 g/mol. The molecule has 2 aromatic carbocycles. The lowest BCUT2D eigenvalue weighted by Crippen LogP contribution is -2.21. The predicted molar refractivity (Wildman–Crippen MR) is 116 cm³/mol. The highest BCUT2D eigenvalue weighted by atomic mass is 16.5. The van der Waals surface area contributed by atoms with Crippen molar-refractivity contribution in [3.05, 3.63) is 64.7 Å². The van der Waals surface area contributed by atoms with Crippen LogP contribution in [0, 0.1) is 0 Å². The van der Waals surface area contributed by atoms with Gasteiger partial charge in [0.2, 0.25) is 0 Å². The number of hydrogen-bond acceptors (Lipinski definition) is 6. The molecule has 0 radical (unpaired) electrons. The number of imidazole rings is 1. The summed E-state index contributed by atoms with van der Waals surface area (Å²) in [6.07, 6.45) is 0. The average Bonchev–Trinajstić information content (AvgIpc) is 3.04. The van der Waals surface area contributed by atoms with Gasteiger partial charge in [-0.3, -0.25) is 9.36 Å². The number of carbonyl (C=O) groups excluding carboxylic acids is 1. The number of nitrogens with two attached hydrogens (primary N) is 1. The van der Waals surface area contributed by atoms with E-state index in [0.717, 1.165) is 0 Å². The summed E-state index contributed by atoms with van der Waals surface area (Å²) in [4.78, 5) is 34.3. The second-order valence-corrected chi connectivity index (χ2v) is 6.77. The molecule has 0 saturated carbocycles. The first-order valence-electron chi connectivity index (χ1n) is 9.61. The van der Waals surface area contributed by atoms with Gasteiger partial charge in [0.1, 0.15) is 17.0 Å². The molecule has 0 atom stereocenters. The molecule has 4 aromatic rings. The van der Waals surface area contributed by atoms with Crippen molar-refractivity contribution in [1.29, 1.82) is 0 Å². The van der Waals surface area contributed by atoms with E-state index in [2.05, 4.69) is 9.97 Å². The highest BCUT2D eigenvalue weighted by Crippen LogP contribution is 2.25. The maximum atomic E-state index is 13.1. The topological polar surface area (TPSA) is 114 Å². The minimum Gasteiger partial charge on any atom is -0.497 e. The van der Waals surface area contributed by atoms with E-state index < -0.39 is 5.91 Å². The van der Waals surface area contributed by atoms with Crippen LogP contribution in [0.2, 0.25) is 0 Å². The SMILES string of the molecule is CCOc1ccc(-c2nc(C(N)=O)c3c(n2)n(-c2cccc(OC)c2)c(=O)n3C)cc1. The summed E-state index contributed by atoms with van der Waals surface area (Å²) >= 11 is 0. The number of hydrogen-bond donors (Lipinski definition) is 1. The Labute approximate surface area is 177 Å². The van der Waals surface area contributed by atoms with Crippen molar-refractivity contribution in [3.8, 4) is 28.6 Å². The summed E-state index contributed by atoms with van der Waals surface area (Å²) in [5.41, 5.74) is 6.92. The summed E-state index contributed by atoms with van der Waals surface area (Å²) in [7, 11) is 3.09. The summed E-state index contributed by atoms with van der Waals surface area (Å²) in [6.45, 7) is 2.45. The van der Waals surface area contributed by atoms with Gasteiger partial charge in [-0.25, -0.2) is 19.3 Å². The van der Waals surface area contributed by atoms with Crippen LogP contribution in [-0.2, 0) is 7.05 Å². The van der Waals surface area contributed by atoms with Crippen molar-refractivity contribution in [3.63, 3.8) is 0 Å². The summed E-state index contributed by atoms with van der Waals surface area (Å²) in [5.74, 6) is 0.803. The second kappa shape index (κ2) is 7.94. The van der Waals surface area contributed by atoms with Gasteiger partial charge in [-0.2, -0.15) is 0 Å². The second-order valence-electron chi connectivity index (χ2n) is 6.77. The van der Waals surface area contributed by atoms with Crippen LogP contribution in [0.5, 0.6) is 11.5 Å². The standard InChI is InChI=1S/C22H21N5O4/c1-4-31-15-10-8-13(9-11-15)20-24-17(19(23)28)18-21(25-20)27(22(29)26(18)2)14-6-5-7-16(12-14)30-3/h5-12H,4H2,1-3H3,(H2,23,28). The number of nitrogens with zero attached hydrogens (tertiary/aromatic N) is 4. The lowest BCUT2D eigenvalue weighted by molar-refractivity contribution is 0.0997. The first-order valence-corrected chi connectivity index (χ1v) is 9.61. The Kier molecular flexibility index (Phi) is 5.16. The third kappa shape index (κ3) is 3.50. The van der Waals surface area contributed by atoms with Gasteiger partial charge in [0.05, 0.1) is 19.4 Å². The number of methoxy groups -OCH3 is 1. The van der Waals surface area contributed by atoms with Gasteiger partial charge >= 0.3 is 5.69 Å². The first-order chi connectivity index (χ1) is 14.9. The largest absolute Gasteiger partial charge is 0.497 e. The molecule has 4 rings (SSSR count). The van der Waals surface area contributed by atoms with Crippen LogP contribution in [0.15, 0.2) is 53.3 Å². The molecule has 2 N–H and O–H groups in total. The highest BCUT2D eigenvalue weighted by Gasteiger charge is 2.23. The molecule has 0 aliphatic carbocycles. The van der Waals surface area contributed by atoms with E-state index in [-0.39, 0.29) is 28.4 Å². The molecule has 0 spiro atoms. The fraction of sp³-hybridized carbons (Fsp3) is 0.182. The Morgan fingerprint density at radius 1 is 1.10 bits per heavy atom. The van der Waals surface area contributed by atoms with Crippen molar-refractivity contribution in [2.75, 3.05) is 13.7 Å². The van der Waals surface area contributed by atoms with Crippen molar-refractivity contribution >= 4 is 17.1 Å². The molecular weight excluding hydrogens is 398 g/mol. The van der Waals surface area contributed by atoms with Crippen LogP contribution in [0.3, 0.4) is 0 Å². The lowest BCUT2D eigenvalue weighted by Gasteiger charge is -2.08. The average molecular weight is 419 g/mol. The Morgan fingerprint density at radius 3 is 2.48 bits per heavy atom. The molecule has 9 heteroatoms. The maximum absolute atomic E-state index is 13.1. The smallest absolute Gasteiger partial charge is 0.334 e. The van der Waals surface area contributed by atoms with E-state index in [0.29, 0.717) is 29.4 Å². The molecule has 0 saturated heterocycles. The molecule has 2 aromatic heterocycles. The van der Waals surface area contributed by atoms with Crippen molar-refractivity contribution < 1.29 is 14.3 Å². The van der Waals surface area contributed by atoms with E-state index in [9.17, 15) is 9.59 Å². The van der Waals surface area contributed by atoms with Gasteiger partial charge in [-0.1, -0.05) is 6.07 Å². The Balaban J connectivity index is 2.00. The zero-order chi connectivity index (χ0) is 22.1. The molecule has 0 unspecified atom stereocenters. The van der Waals surface area contributed by atoms with Gasteiger partial charge in [0, 0.05) is 18.7 Å². The zero-order valence-corrected chi connectivity index (χ0v) is 17.3. The quantitative estimate of drug-likeness (QED) is 0.513. The van der Waals surface area contributed by atoms with Crippen LogP contribution < -0.4 is 20.9 Å². The van der Waals surface area contributed by atoms with E-state index in [1.54, 1.807) is 62.7 Å². The van der Waals surface area contributed by atoms with E-state index in [4.69, 9.17) is 15.2 Å². The number of primary amides is 1. The summed E-state index contributed by atoms with van der Waals surface area (Å²) in [6, 6.07) is 14.2. The van der Waals surface area contributed by atoms with Gasteiger partial charge in [0.15, 0.2) is 17.2 Å². The Morgan fingerprint density at radius 2 is 1.84 bits per heavy atom. The van der Waals surface area contributed by atoms with E-state index >= 15 is 0 Å². The number of rotatable bonds is 6. The van der Waals surface area contributed by atoms with Crippen molar-refractivity contribution in [1.82, 2.24) is 19.1 Å². The van der Waals surface area contributed by atoms with Gasteiger partial charge < -0.3 is 15.2 Å². The normalized spacial score (nSPS) is 10.9. The minimum absolute atomic E-state index is 0.0323. The number of ether oxygens (including phenoxy) is 2. The number of aromatic nitrogens is 4. The zero-order valence-electron chi connectivity index (χ0n) is 17.3. The molecule has 0 fully saturated rings. The van der Waals surface area contributed by atoms with Crippen LogP contribution >= 0.6 is 0 Å². The summed E-state index contributed by atoms with van der Waals surface area (Å²) in [5, 5.41) is 0. The van der Waals surface area contributed by atoms with E-state index in [1.165, 1.54) is 9.13 Å². The van der Waals surface area contributed by atoms with Crippen LogP contribution in [0.25, 0.3) is 28.2 Å². The molecule has 9 nitrogen and oxygen atoms in total. The molecule has 1 amide bonds. The first kappa shape index (κ1) is 20.1. The molecule has 31 heavy (non-hydrogen) atoms. The Hall–Kier alpha value is -4.14. The minimum atomic E-state index is -0.752. The summed E-state index contributed by atoms with van der Waals surface area (Å²) < 4.78 is 13.5. The van der Waals surface area contributed by atoms with Gasteiger partial charge in [-0.15, -0.1) is 0 Å². The van der Waals surface area contributed by atoms with Crippen LogP contribution in [-0.4, -0.2) is 38.7 Å². The van der Waals surface area contributed by atoms with Crippen molar-refractivity contribution in [2.45, 2.75) is 6.92 Å². The predicted octanol–water partition coefficient (Wildman–Crippen LogP) is 2.29. The maximum Gasteiger partial charge on any atom is 0.334 e. The Bertz CT molecular complexity index is 1340.